The van der Waals surface area contributed by atoms with Gasteiger partial charge in [0.05, 0.1) is 38.9 Å². The van der Waals surface area contributed by atoms with Gasteiger partial charge >= 0.3 is 0 Å². The van der Waals surface area contributed by atoms with Crippen LogP contribution in [0.4, 0.5) is 0 Å². The molecule has 0 heterocycles. The van der Waals surface area contributed by atoms with Crippen LogP contribution in [0.5, 0.6) is 23.0 Å². The highest BCUT2D eigenvalue weighted by atomic mass is 33.1. The molecule has 0 N–H and O–H groups in total. The Hall–Kier alpha value is -3.22. The van der Waals surface area contributed by atoms with E-state index in [9.17, 15) is 0 Å². The van der Waals surface area contributed by atoms with Crippen LogP contribution < -0.4 is 18.9 Å². The molecule has 0 aliphatic rings. The summed E-state index contributed by atoms with van der Waals surface area (Å²) in [4.78, 5) is 0. The monoisotopic (exact) mass is 518 g/mol. The molecule has 186 valence electrons. The molecule has 6 heteroatoms. The Morgan fingerprint density at radius 1 is 0.361 bits per heavy atom. The number of methoxy groups -OCH3 is 4. The van der Waals surface area contributed by atoms with Crippen molar-refractivity contribution >= 4 is 21.6 Å². The molecule has 36 heavy (non-hydrogen) atoms. The lowest BCUT2D eigenvalue weighted by Gasteiger charge is -2.23. The van der Waals surface area contributed by atoms with Crippen molar-refractivity contribution in [3.05, 3.63) is 119 Å². The second-order valence-corrected chi connectivity index (χ2v) is 10.5. The van der Waals surface area contributed by atoms with Gasteiger partial charge in [0.1, 0.15) is 23.0 Å². The number of ether oxygens (including phenoxy) is 4. The fraction of sp³-hybridized carbons (Fsp3) is 0.200. The van der Waals surface area contributed by atoms with Gasteiger partial charge in [-0.05, 0) is 70.8 Å². The Morgan fingerprint density at radius 3 is 0.722 bits per heavy atom. The standard InChI is InChI=1S/C30H30O4S2/c1-31-25-13-5-21(6-14-25)29(22-7-15-26(32-2)16-8-22)35-36-30(23-9-17-27(33-3)18-10-23)24-11-19-28(34-4)20-12-24/h5-20,29-30H,1-4H3. The van der Waals surface area contributed by atoms with E-state index in [1.54, 1.807) is 28.4 Å². The molecule has 0 bridgehead atoms. The first-order valence-corrected chi connectivity index (χ1v) is 13.8. The number of rotatable bonds is 11. The number of benzene rings is 4. The third-order valence-corrected chi connectivity index (χ3v) is 8.99. The Kier molecular flexibility index (Phi) is 9.09. The fourth-order valence-corrected chi connectivity index (χ4v) is 7.13. The molecule has 0 saturated carbocycles. The molecule has 0 fully saturated rings. The first kappa shape index (κ1) is 25.9. The van der Waals surface area contributed by atoms with Crippen LogP contribution in [0.15, 0.2) is 97.1 Å². The minimum atomic E-state index is 0.116. The van der Waals surface area contributed by atoms with E-state index in [2.05, 4.69) is 48.5 Å². The van der Waals surface area contributed by atoms with Crippen molar-refractivity contribution in [3.63, 3.8) is 0 Å². The Morgan fingerprint density at radius 2 is 0.556 bits per heavy atom. The highest BCUT2D eigenvalue weighted by molar-refractivity contribution is 8.76. The highest BCUT2D eigenvalue weighted by Crippen LogP contribution is 2.51. The van der Waals surface area contributed by atoms with Crippen LogP contribution >= 0.6 is 21.6 Å². The smallest absolute Gasteiger partial charge is 0.118 e. The summed E-state index contributed by atoms with van der Waals surface area (Å²) in [5.74, 6) is 3.39. The molecule has 4 rings (SSSR count). The molecule has 0 atom stereocenters. The van der Waals surface area contributed by atoms with Crippen LogP contribution in [0.2, 0.25) is 0 Å². The Bertz CT molecular complexity index is 1010. The zero-order valence-corrected chi connectivity index (χ0v) is 22.5. The maximum atomic E-state index is 5.39. The summed E-state index contributed by atoms with van der Waals surface area (Å²) in [6.07, 6.45) is 0. The second kappa shape index (κ2) is 12.7. The van der Waals surface area contributed by atoms with E-state index in [1.165, 1.54) is 22.3 Å². The third-order valence-electron chi connectivity index (χ3n) is 5.92. The van der Waals surface area contributed by atoms with E-state index in [1.807, 2.05) is 70.1 Å². The molecule has 0 spiro atoms. The third kappa shape index (κ3) is 6.31. The van der Waals surface area contributed by atoms with Gasteiger partial charge in [0.2, 0.25) is 0 Å². The van der Waals surface area contributed by atoms with Gasteiger partial charge in [0, 0.05) is 0 Å². The molecule has 4 nitrogen and oxygen atoms in total. The van der Waals surface area contributed by atoms with Crippen molar-refractivity contribution in [2.24, 2.45) is 0 Å². The number of hydrogen-bond acceptors (Lipinski definition) is 6. The predicted octanol–water partition coefficient (Wildman–Crippen LogP) is 7.98. The van der Waals surface area contributed by atoms with E-state index in [0.29, 0.717) is 0 Å². The summed E-state index contributed by atoms with van der Waals surface area (Å²) >= 11 is 0. The molecule has 0 unspecified atom stereocenters. The van der Waals surface area contributed by atoms with Crippen molar-refractivity contribution < 1.29 is 18.9 Å². The molecule has 0 amide bonds. The van der Waals surface area contributed by atoms with Gasteiger partial charge in [-0.1, -0.05) is 70.1 Å². The average molecular weight is 519 g/mol. The van der Waals surface area contributed by atoms with E-state index in [4.69, 9.17) is 18.9 Å². The van der Waals surface area contributed by atoms with Gasteiger partial charge in [-0.3, -0.25) is 0 Å². The normalized spacial score (nSPS) is 10.9. The first-order valence-electron chi connectivity index (χ1n) is 11.5. The SMILES string of the molecule is COc1ccc(C(SSC(c2ccc(OC)cc2)c2ccc(OC)cc2)c2ccc(OC)cc2)cc1. The topological polar surface area (TPSA) is 36.9 Å². The summed E-state index contributed by atoms with van der Waals surface area (Å²) in [5.41, 5.74) is 4.84. The van der Waals surface area contributed by atoms with Crippen LogP contribution in [-0.2, 0) is 0 Å². The molecular weight excluding hydrogens is 488 g/mol. The van der Waals surface area contributed by atoms with Crippen LogP contribution in [0.3, 0.4) is 0 Å². The van der Waals surface area contributed by atoms with E-state index in [-0.39, 0.29) is 10.5 Å². The van der Waals surface area contributed by atoms with Crippen LogP contribution in [0, 0.1) is 0 Å². The lowest BCUT2D eigenvalue weighted by atomic mass is 10.0. The molecular formula is C30H30O4S2. The van der Waals surface area contributed by atoms with Gasteiger partial charge in [0.15, 0.2) is 0 Å². The van der Waals surface area contributed by atoms with Crippen molar-refractivity contribution in [2.45, 2.75) is 10.5 Å². The van der Waals surface area contributed by atoms with Gasteiger partial charge in [0.25, 0.3) is 0 Å². The lowest BCUT2D eigenvalue weighted by Crippen LogP contribution is -2.00. The maximum absolute atomic E-state index is 5.39. The minimum Gasteiger partial charge on any atom is -0.497 e. The largest absolute Gasteiger partial charge is 0.497 e. The molecule has 0 aromatic heterocycles. The summed E-state index contributed by atoms with van der Waals surface area (Å²) < 4.78 is 21.6. The van der Waals surface area contributed by atoms with E-state index in [0.717, 1.165) is 23.0 Å². The van der Waals surface area contributed by atoms with Crippen LogP contribution in [0.1, 0.15) is 32.8 Å². The molecule has 0 radical (unpaired) electrons. The lowest BCUT2D eigenvalue weighted by molar-refractivity contribution is 0.414. The van der Waals surface area contributed by atoms with Crippen LogP contribution in [0.25, 0.3) is 0 Å². The van der Waals surface area contributed by atoms with Crippen molar-refractivity contribution in [1.82, 2.24) is 0 Å². The van der Waals surface area contributed by atoms with Gasteiger partial charge in [-0.15, -0.1) is 0 Å². The van der Waals surface area contributed by atoms with Crippen molar-refractivity contribution in [2.75, 3.05) is 28.4 Å². The summed E-state index contributed by atoms with van der Waals surface area (Å²) in [6.45, 7) is 0. The molecule has 0 aliphatic heterocycles. The average Bonchev–Trinajstić information content (AvgIpc) is 2.96. The van der Waals surface area contributed by atoms with Gasteiger partial charge < -0.3 is 18.9 Å². The molecule has 0 aliphatic carbocycles. The molecule has 0 saturated heterocycles. The fourth-order valence-electron chi connectivity index (χ4n) is 3.83. The van der Waals surface area contributed by atoms with Gasteiger partial charge in [-0.25, -0.2) is 0 Å². The summed E-state index contributed by atoms with van der Waals surface area (Å²) in [7, 11) is 10.4. The zero-order valence-electron chi connectivity index (χ0n) is 20.8. The Labute approximate surface area is 221 Å². The zero-order chi connectivity index (χ0) is 25.3. The summed E-state index contributed by atoms with van der Waals surface area (Å²) in [6, 6.07) is 33.2. The van der Waals surface area contributed by atoms with Crippen molar-refractivity contribution in [3.8, 4) is 23.0 Å². The molecule has 4 aromatic carbocycles. The van der Waals surface area contributed by atoms with Crippen LogP contribution in [-0.4, -0.2) is 28.4 Å². The first-order chi connectivity index (χ1) is 17.6. The van der Waals surface area contributed by atoms with Crippen molar-refractivity contribution in [1.29, 1.82) is 0 Å². The van der Waals surface area contributed by atoms with E-state index >= 15 is 0 Å². The minimum absolute atomic E-state index is 0.116. The van der Waals surface area contributed by atoms with Gasteiger partial charge in [-0.2, -0.15) is 0 Å². The highest BCUT2D eigenvalue weighted by Gasteiger charge is 2.22. The quantitative estimate of drug-likeness (QED) is 0.187. The molecule has 4 aromatic rings. The summed E-state index contributed by atoms with van der Waals surface area (Å²) in [5, 5.41) is 0.233. The predicted molar refractivity (Wildman–Crippen MR) is 151 cm³/mol. The number of hydrogen-bond donors (Lipinski definition) is 0. The Balaban J connectivity index is 1.67. The van der Waals surface area contributed by atoms with E-state index < -0.39 is 0 Å². The second-order valence-electron chi connectivity index (χ2n) is 8.05. The maximum Gasteiger partial charge on any atom is 0.118 e.